The lowest BCUT2D eigenvalue weighted by Gasteiger charge is -2.22. The van der Waals surface area contributed by atoms with Crippen molar-refractivity contribution in [3.05, 3.63) is 18.3 Å². The Morgan fingerprint density at radius 2 is 2.06 bits per heavy atom. The van der Waals surface area contributed by atoms with Crippen LogP contribution in [0.3, 0.4) is 0 Å². The molecule has 4 heteroatoms. The summed E-state index contributed by atoms with van der Waals surface area (Å²) >= 11 is 0. The maximum Gasteiger partial charge on any atom is 0.171 e. The number of hydrogen-bond acceptors (Lipinski definition) is 4. The number of ether oxygens (including phenoxy) is 1. The van der Waals surface area contributed by atoms with Crippen molar-refractivity contribution in [2.24, 2.45) is 0 Å². The summed E-state index contributed by atoms with van der Waals surface area (Å²) in [5.41, 5.74) is 0. The first-order valence-corrected chi connectivity index (χ1v) is 6.57. The number of anilines is 1. The molecule has 0 unspecified atom stereocenters. The van der Waals surface area contributed by atoms with E-state index in [0.29, 0.717) is 6.04 Å². The van der Waals surface area contributed by atoms with Crippen LogP contribution in [0, 0.1) is 0 Å². The fourth-order valence-electron chi connectivity index (χ4n) is 1.64. The Bertz CT molecular complexity index is 353. The monoisotopic (exact) mass is 251 g/mol. The van der Waals surface area contributed by atoms with Gasteiger partial charge in [0.05, 0.1) is 6.10 Å². The predicted octanol–water partition coefficient (Wildman–Crippen LogP) is 2.30. The van der Waals surface area contributed by atoms with Gasteiger partial charge >= 0.3 is 0 Å². The Hall–Kier alpha value is -1.29. The number of hydrogen-bond donors (Lipinski definition) is 1. The van der Waals surface area contributed by atoms with Crippen LogP contribution in [-0.2, 0) is 0 Å². The molecule has 0 aliphatic heterocycles. The first-order chi connectivity index (χ1) is 8.50. The Labute approximate surface area is 110 Å². The second-order valence-corrected chi connectivity index (χ2v) is 5.02. The average Bonchev–Trinajstić information content (AvgIpc) is 2.28. The Balaban J connectivity index is 2.63. The average molecular weight is 251 g/mol. The Kier molecular flexibility index (Phi) is 5.92. The van der Waals surface area contributed by atoms with Gasteiger partial charge in [0.2, 0.25) is 0 Å². The summed E-state index contributed by atoms with van der Waals surface area (Å²) in [5, 5.41) is 3.40. The number of nitrogens with one attached hydrogen (secondary N) is 1. The van der Waals surface area contributed by atoms with E-state index in [2.05, 4.69) is 29.0 Å². The lowest BCUT2D eigenvalue weighted by atomic mass is 10.3. The van der Waals surface area contributed by atoms with Crippen LogP contribution in [0.2, 0.25) is 0 Å². The quantitative estimate of drug-likeness (QED) is 0.807. The van der Waals surface area contributed by atoms with Crippen molar-refractivity contribution in [1.82, 2.24) is 10.3 Å². The molecular weight excluding hydrogens is 226 g/mol. The maximum atomic E-state index is 5.77. The number of rotatable bonds is 7. The van der Waals surface area contributed by atoms with Gasteiger partial charge in [0, 0.05) is 32.4 Å². The van der Waals surface area contributed by atoms with Crippen LogP contribution in [-0.4, -0.2) is 37.3 Å². The van der Waals surface area contributed by atoms with E-state index in [1.165, 1.54) is 0 Å². The summed E-state index contributed by atoms with van der Waals surface area (Å²) in [5.74, 6) is 1.75. The minimum absolute atomic E-state index is 0.162. The lowest BCUT2D eigenvalue weighted by molar-refractivity contribution is 0.242. The van der Waals surface area contributed by atoms with Crippen LogP contribution in [0.15, 0.2) is 18.3 Å². The van der Waals surface area contributed by atoms with E-state index in [4.69, 9.17) is 4.74 Å². The number of nitrogens with zero attached hydrogens (tertiary/aromatic N) is 2. The highest BCUT2D eigenvalue weighted by molar-refractivity contribution is 5.51. The zero-order chi connectivity index (χ0) is 13.5. The lowest BCUT2D eigenvalue weighted by Crippen LogP contribution is -2.33. The van der Waals surface area contributed by atoms with E-state index in [0.717, 1.165) is 24.7 Å². The Morgan fingerprint density at radius 1 is 1.33 bits per heavy atom. The third-order valence-electron chi connectivity index (χ3n) is 2.47. The first kappa shape index (κ1) is 14.8. The summed E-state index contributed by atoms with van der Waals surface area (Å²) in [7, 11) is 2.04. The molecule has 0 bridgehead atoms. The maximum absolute atomic E-state index is 5.77. The summed E-state index contributed by atoms with van der Waals surface area (Å²) in [6.07, 6.45) is 1.96. The molecular formula is C14H25N3O. The molecule has 1 rings (SSSR count). The zero-order valence-corrected chi connectivity index (χ0v) is 12.1. The van der Waals surface area contributed by atoms with Crippen molar-refractivity contribution in [2.45, 2.75) is 39.8 Å². The molecule has 0 aliphatic carbocycles. The van der Waals surface area contributed by atoms with Crippen LogP contribution in [0.1, 0.15) is 27.7 Å². The van der Waals surface area contributed by atoms with Crippen molar-refractivity contribution in [1.29, 1.82) is 0 Å². The molecule has 1 aromatic heterocycles. The number of aromatic nitrogens is 1. The van der Waals surface area contributed by atoms with E-state index < -0.39 is 0 Å². The standard InChI is InChI=1S/C14H25N3O/c1-11(2)15-9-10-17(5)14-13(18-12(3)4)7-6-8-16-14/h6-8,11-12,15H,9-10H2,1-5H3. The van der Waals surface area contributed by atoms with Gasteiger partial charge in [0.1, 0.15) is 0 Å². The molecule has 1 aromatic rings. The van der Waals surface area contributed by atoms with Gasteiger partial charge in [-0.25, -0.2) is 4.98 Å². The summed E-state index contributed by atoms with van der Waals surface area (Å²) in [4.78, 5) is 6.52. The van der Waals surface area contributed by atoms with Gasteiger partial charge in [-0.3, -0.25) is 0 Å². The normalized spacial score (nSPS) is 11.1. The molecule has 0 atom stereocenters. The van der Waals surface area contributed by atoms with Gasteiger partial charge in [-0.2, -0.15) is 0 Å². The molecule has 102 valence electrons. The Morgan fingerprint density at radius 3 is 2.67 bits per heavy atom. The van der Waals surface area contributed by atoms with E-state index in [1.54, 1.807) is 6.20 Å². The van der Waals surface area contributed by atoms with Crippen molar-refractivity contribution >= 4 is 5.82 Å². The van der Waals surface area contributed by atoms with Crippen molar-refractivity contribution in [2.75, 3.05) is 25.0 Å². The minimum atomic E-state index is 0.162. The molecule has 1 heterocycles. The largest absolute Gasteiger partial charge is 0.487 e. The molecule has 1 N–H and O–H groups in total. The van der Waals surface area contributed by atoms with E-state index >= 15 is 0 Å². The third kappa shape index (κ3) is 4.92. The molecule has 0 saturated carbocycles. The predicted molar refractivity (Wildman–Crippen MR) is 76.4 cm³/mol. The van der Waals surface area contributed by atoms with E-state index in [-0.39, 0.29) is 6.10 Å². The third-order valence-corrected chi connectivity index (χ3v) is 2.47. The van der Waals surface area contributed by atoms with E-state index in [1.807, 2.05) is 33.0 Å². The topological polar surface area (TPSA) is 37.4 Å². The molecule has 18 heavy (non-hydrogen) atoms. The molecule has 0 radical (unpaired) electrons. The van der Waals surface area contributed by atoms with Gasteiger partial charge in [0.15, 0.2) is 11.6 Å². The summed E-state index contributed by atoms with van der Waals surface area (Å²) in [6, 6.07) is 4.38. The van der Waals surface area contributed by atoms with Crippen molar-refractivity contribution in [3.63, 3.8) is 0 Å². The van der Waals surface area contributed by atoms with Gasteiger partial charge in [0.25, 0.3) is 0 Å². The molecule has 0 spiro atoms. The summed E-state index contributed by atoms with van der Waals surface area (Å²) in [6.45, 7) is 10.2. The van der Waals surface area contributed by atoms with Crippen molar-refractivity contribution < 1.29 is 4.74 Å². The van der Waals surface area contributed by atoms with Crippen LogP contribution < -0.4 is 15.0 Å². The fraction of sp³-hybridized carbons (Fsp3) is 0.643. The highest BCUT2D eigenvalue weighted by Crippen LogP contribution is 2.24. The second-order valence-electron chi connectivity index (χ2n) is 5.02. The van der Waals surface area contributed by atoms with Crippen LogP contribution in [0.4, 0.5) is 5.82 Å². The van der Waals surface area contributed by atoms with Crippen molar-refractivity contribution in [3.8, 4) is 5.75 Å². The van der Waals surface area contributed by atoms with Crippen LogP contribution in [0.25, 0.3) is 0 Å². The van der Waals surface area contributed by atoms with Gasteiger partial charge in [-0.05, 0) is 26.0 Å². The molecule has 0 saturated heterocycles. The van der Waals surface area contributed by atoms with Gasteiger partial charge < -0.3 is 15.0 Å². The molecule has 0 aliphatic rings. The minimum Gasteiger partial charge on any atom is -0.487 e. The summed E-state index contributed by atoms with van der Waals surface area (Å²) < 4.78 is 5.77. The van der Waals surface area contributed by atoms with Gasteiger partial charge in [-0.1, -0.05) is 13.8 Å². The molecule has 0 aromatic carbocycles. The highest BCUT2D eigenvalue weighted by Gasteiger charge is 2.10. The molecule has 0 fully saturated rings. The zero-order valence-electron chi connectivity index (χ0n) is 12.1. The smallest absolute Gasteiger partial charge is 0.171 e. The van der Waals surface area contributed by atoms with Gasteiger partial charge in [-0.15, -0.1) is 0 Å². The van der Waals surface area contributed by atoms with Crippen LogP contribution >= 0.6 is 0 Å². The van der Waals surface area contributed by atoms with E-state index in [9.17, 15) is 0 Å². The number of pyridine rings is 1. The molecule has 4 nitrogen and oxygen atoms in total. The second kappa shape index (κ2) is 7.21. The first-order valence-electron chi connectivity index (χ1n) is 6.57. The number of likely N-dealkylation sites (N-methyl/N-ethyl adjacent to an activating group) is 1. The fourth-order valence-corrected chi connectivity index (χ4v) is 1.64. The SMILES string of the molecule is CC(C)NCCN(C)c1ncccc1OC(C)C. The molecule has 0 amide bonds. The highest BCUT2D eigenvalue weighted by atomic mass is 16.5. The van der Waals surface area contributed by atoms with Crippen LogP contribution in [0.5, 0.6) is 5.75 Å².